The molecule has 9 heteroatoms. The number of carbonyl (C=O) groups excluding carboxylic acids is 1. The molecule has 0 saturated carbocycles. The van der Waals surface area contributed by atoms with E-state index in [4.69, 9.17) is 9.47 Å². The lowest BCUT2D eigenvalue weighted by Crippen LogP contribution is -2.38. The van der Waals surface area contributed by atoms with E-state index in [2.05, 4.69) is 9.72 Å². The van der Waals surface area contributed by atoms with Crippen LogP contribution in [0.2, 0.25) is 0 Å². The summed E-state index contributed by atoms with van der Waals surface area (Å²) in [4.78, 5) is 37.3. The van der Waals surface area contributed by atoms with E-state index in [0.29, 0.717) is 5.56 Å². The summed E-state index contributed by atoms with van der Waals surface area (Å²) in [5.41, 5.74) is -0.800. The fourth-order valence-corrected chi connectivity index (χ4v) is 2.77. The molecule has 128 valence electrons. The Morgan fingerprint density at radius 2 is 2.13 bits per heavy atom. The summed E-state index contributed by atoms with van der Waals surface area (Å²) in [6.45, 7) is 1.22. The number of carbonyl (C=O) groups is 1. The third-order valence-electron chi connectivity index (χ3n) is 4.00. The molecule has 1 unspecified atom stereocenters. The molecule has 23 heavy (non-hydrogen) atoms. The molecule has 0 radical (unpaired) electrons. The van der Waals surface area contributed by atoms with Gasteiger partial charge in [-0.1, -0.05) is 0 Å². The minimum atomic E-state index is -0.866. The molecule has 1 aromatic rings. The highest BCUT2D eigenvalue weighted by Gasteiger charge is 2.46. The van der Waals surface area contributed by atoms with E-state index in [-0.39, 0.29) is 13.0 Å². The number of H-pyrrole nitrogens is 1. The Bertz CT molecular complexity index is 680. The van der Waals surface area contributed by atoms with Gasteiger partial charge in [0, 0.05) is 24.8 Å². The van der Waals surface area contributed by atoms with Crippen LogP contribution < -0.4 is 11.2 Å². The van der Waals surface area contributed by atoms with Crippen molar-refractivity contribution in [2.45, 2.75) is 31.8 Å². The first-order valence-electron chi connectivity index (χ1n) is 7.11. The summed E-state index contributed by atoms with van der Waals surface area (Å²) >= 11 is 0. The predicted octanol–water partition coefficient (Wildman–Crippen LogP) is -1.07. The van der Waals surface area contributed by atoms with Gasteiger partial charge >= 0.3 is 11.7 Å². The maximum absolute atomic E-state index is 12.0. The summed E-state index contributed by atoms with van der Waals surface area (Å²) in [6, 6.07) is 0. The number of aromatic nitrogens is 2. The Morgan fingerprint density at radius 1 is 1.43 bits per heavy atom. The lowest BCUT2D eigenvalue weighted by Gasteiger charge is -2.22. The van der Waals surface area contributed by atoms with E-state index in [1.54, 1.807) is 6.92 Å². The third kappa shape index (κ3) is 3.36. The Kier molecular flexibility index (Phi) is 5.34. The average molecular weight is 328 g/mol. The van der Waals surface area contributed by atoms with Crippen molar-refractivity contribution in [3.8, 4) is 0 Å². The van der Waals surface area contributed by atoms with E-state index in [1.165, 1.54) is 25.0 Å². The van der Waals surface area contributed by atoms with Gasteiger partial charge in [0.1, 0.15) is 6.10 Å². The summed E-state index contributed by atoms with van der Waals surface area (Å²) < 4.78 is 16.9. The first-order chi connectivity index (χ1) is 10.9. The zero-order chi connectivity index (χ0) is 17.1. The first-order valence-corrected chi connectivity index (χ1v) is 7.11. The predicted molar refractivity (Wildman–Crippen MR) is 78.0 cm³/mol. The molecule has 2 N–H and O–H groups in total. The number of rotatable bonds is 5. The Balaban J connectivity index is 2.39. The van der Waals surface area contributed by atoms with Crippen molar-refractivity contribution < 1.29 is 24.1 Å². The maximum Gasteiger partial charge on any atom is 0.330 e. The smallest absolute Gasteiger partial charge is 0.330 e. The van der Waals surface area contributed by atoms with E-state index in [9.17, 15) is 19.5 Å². The number of ether oxygens (including phenoxy) is 3. The van der Waals surface area contributed by atoms with Gasteiger partial charge in [0.25, 0.3) is 5.56 Å². The quantitative estimate of drug-likeness (QED) is 0.660. The molecule has 1 aromatic heterocycles. The second-order valence-electron chi connectivity index (χ2n) is 5.37. The van der Waals surface area contributed by atoms with Crippen LogP contribution in [0.15, 0.2) is 15.8 Å². The molecule has 1 fully saturated rings. The molecular weight excluding hydrogens is 308 g/mol. The summed E-state index contributed by atoms with van der Waals surface area (Å²) in [5.74, 6) is -0.952. The van der Waals surface area contributed by atoms with Gasteiger partial charge < -0.3 is 19.3 Å². The average Bonchev–Trinajstić information content (AvgIpc) is 2.87. The molecule has 1 aliphatic rings. The number of aliphatic hydroxyl groups is 1. The fraction of sp³-hybridized carbons (Fsp3) is 0.643. The maximum atomic E-state index is 12.0. The highest BCUT2D eigenvalue weighted by molar-refractivity contribution is 5.69. The van der Waals surface area contributed by atoms with Crippen molar-refractivity contribution in [3.63, 3.8) is 0 Å². The fourth-order valence-electron chi connectivity index (χ4n) is 2.77. The van der Waals surface area contributed by atoms with Gasteiger partial charge in [-0.15, -0.1) is 0 Å². The van der Waals surface area contributed by atoms with E-state index in [1.807, 2.05) is 0 Å². The van der Waals surface area contributed by atoms with Crippen LogP contribution in [0.4, 0.5) is 0 Å². The molecule has 0 bridgehead atoms. The van der Waals surface area contributed by atoms with Crippen LogP contribution in [0.3, 0.4) is 0 Å². The number of esters is 1. The molecule has 0 aliphatic carbocycles. The number of aromatic amines is 1. The Labute approximate surface area is 131 Å². The molecule has 2 heterocycles. The van der Waals surface area contributed by atoms with Crippen molar-refractivity contribution in [2.75, 3.05) is 20.8 Å². The Hall–Kier alpha value is -1.97. The zero-order valence-electron chi connectivity index (χ0n) is 13.1. The van der Waals surface area contributed by atoms with E-state index >= 15 is 0 Å². The first kappa shape index (κ1) is 17.4. The number of methoxy groups -OCH3 is 2. The van der Waals surface area contributed by atoms with Crippen molar-refractivity contribution >= 4 is 5.97 Å². The van der Waals surface area contributed by atoms with Crippen LogP contribution in [0, 0.1) is 12.8 Å². The van der Waals surface area contributed by atoms with Crippen LogP contribution >= 0.6 is 0 Å². The molecule has 1 aliphatic heterocycles. The highest BCUT2D eigenvalue weighted by atomic mass is 16.6. The van der Waals surface area contributed by atoms with Crippen LogP contribution in [0.1, 0.15) is 18.2 Å². The monoisotopic (exact) mass is 328 g/mol. The SMILES string of the molecule is COC(=O)CC1[C@@H](OC)[C@H](n2cc(C)c(=O)[nH]c2=O)O[C@@H]1CO. The van der Waals surface area contributed by atoms with Crippen molar-refractivity contribution in [1.29, 1.82) is 0 Å². The molecule has 0 aromatic carbocycles. The molecular formula is C14H20N2O7. The number of hydrogen-bond acceptors (Lipinski definition) is 7. The van der Waals surface area contributed by atoms with Gasteiger partial charge in [-0.2, -0.15) is 0 Å². The summed E-state index contributed by atoms with van der Waals surface area (Å²) in [6.07, 6.45) is -0.868. The largest absolute Gasteiger partial charge is 0.469 e. The standard InChI is InChI=1S/C14H20N2O7/c1-7-5-16(14(20)15-12(7)19)13-11(22-3)8(4-10(18)21-2)9(6-17)23-13/h5,8-9,11,13,17H,4,6H2,1-3H3,(H,15,19,20)/t8?,9-,11-,13-/m1/s1. The molecule has 0 amide bonds. The number of aliphatic hydroxyl groups excluding tert-OH is 1. The molecule has 9 nitrogen and oxygen atoms in total. The van der Waals surface area contributed by atoms with Crippen LogP contribution in [-0.4, -0.2) is 53.7 Å². The Morgan fingerprint density at radius 3 is 2.70 bits per heavy atom. The topological polar surface area (TPSA) is 120 Å². The lowest BCUT2D eigenvalue weighted by atomic mass is 9.94. The summed E-state index contributed by atoms with van der Waals surface area (Å²) in [7, 11) is 2.69. The highest BCUT2D eigenvalue weighted by Crippen LogP contribution is 2.37. The van der Waals surface area contributed by atoms with E-state index < -0.39 is 41.6 Å². The van der Waals surface area contributed by atoms with Crippen LogP contribution in [-0.2, 0) is 19.0 Å². The van der Waals surface area contributed by atoms with Crippen LogP contribution in [0.5, 0.6) is 0 Å². The van der Waals surface area contributed by atoms with Gasteiger partial charge in [0.15, 0.2) is 6.23 Å². The minimum absolute atomic E-state index is 0.0200. The minimum Gasteiger partial charge on any atom is -0.469 e. The third-order valence-corrected chi connectivity index (χ3v) is 4.00. The molecule has 4 atom stereocenters. The van der Waals surface area contributed by atoms with Gasteiger partial charge in [0.2, 0.25) is 0 Å². The number of hydrogen-bond donors (Lipinski definition) is 2. The van der Waals surface area contributed by atoms with Gasteiger partial charge in [0.05, 0.1) is 26.2 Å². The van der Waals surface area contributed by atoms with Gasteiger partial charge in [-0.3, -0.25) is 19.1 Å². The number of nitrogens with one attached hydrogen (secondary N) is 1. The number of nitrogens with zero attached hydrogens (tertiary/aromatic N) is 1. The lowest BCUT2D eigenvalue weighted by molar-refractivity contribution is -0.143. The summed E-state index contributed by atoms with van der Waals surface area (Å²) in [5, 5.41) is 9.49. The van der Waals surface area contributed by atoms with Gasteiger partial charge in [-0.25, -0.2) is 4.79 Å². The normalized spacial score (nSPS) is 27.1. The van der Waals surface area contributed by atoms with E-state index in [0.717, 1.165) is 0 Å². The number of aryl methyl sites for hydroxylation is 1. The van der Waals surface area contributed by atoms with Crippen LogP contribution in [0.25, 0.3) is 0 Å². The molecule has 2 rings (SSSR count). The van der Waals surface area contributed by atoms with Crippen molar-refractivity contribution in [3.05, 3.63) is 32.6 Å². The second kappa shape index (κ2) is 7.07. The zero-order valence-corrected chi connectivity index (χ0v) is 13.1. The molecule has 1 saturated heterocycles. The molecule has 0 spiro atoms. The van der Waals surface area contributed by atoms with Crippen molar-refractivity contribution in [1.82, 2.24) is 9.55 Å². The second-order valence-corrected chi connectivity index (χ2v) is 5.37. The van der Waals surface area contributed by atoms with Gasteiger partial charge in [-0.05, 0) is 6.92 Å². The van der Waals surface area contributed by atoms with Crippen molar-refractivity contribution in [2.24, 2.45) is 5.92 Å².